The lowest BCUT2D eigenvalue weighted by Crippen LogP contribution is -2.30. The minimum atomic E-state index is -0.738. The molecule has 1 atom stereocenters. The van der Waals surface area contributed by atoms with E-state index in [1.807, 2.05) is 13.8 Å². The molecule has 0 spiro atoms. The van der Waals surface area contributed by atoms with Gasteiger partial charge in [0.25, 0.3) is 0 Å². The molecule has 1 saturated heterocycles. The molecule has 18 heavy (non-hydrogen) atoms. The zero-order valence-corrected chi connectivity index (χ0v) is 12.1. The smallest absolute Gasteiger partial charge is 0.332 e. The molecule has 1 aliphatic heterocycles. The van der Waals surface area contributed by atoms with Gasteiger partial charge in [0.2, 0.25) is 0 Å². The van der Waals surface area contributed by atoms with Gasteiger partial charge in [0.15, 0.2) is 0 Å². The lowest BCUT2D eigenvalue weighted by Gasteiger charge is -2.34. The summed E-state index contributed by atoms with van der Waals surface area (Å²) in [7, 11) is 0. The number of allylic oxidation sites excluding steroid dienone is 1. The van der Waals surface area contributed by atoms with E-state index in [0.29, 0.717) is 5.57 Å². The fourth-order valence-electron chi connectivity index (χ4n) is 2.97. The zero-order chi connectivity index (χ0) is 13.8. The molecule has 0 aromatic carbocycles. The molecular weight excluding hydrogens is 228 g/mol. The molecule has 1 rings (SSSR count). The van der Waals surface area contributed by atoms with Crippen LogP contribution in [0.25, 0.3) is 0 Å². The van der Waals surface area contributed by atoms with Crippen molar-refractivity contribution in [2.45, 2.75) is 65.9 Å². The van der Waals surface area contributed by atoms with Gasteiger partial charge in [-0.15, -0.1) is 0 Å². The molecule has 1 aliphatic rings. The van der Waals surface area contributed by atoms with Crippen LogP contribution in [0.3, 0.4) is 0 Å². The SMILES string of the molecule is CCC(CC)=C(C(=O)O)C(CC)(CC)CC1CO1. The predicted octanol–water partition coefficient (Wildman–Crippen LogP) is 3.78. The van der Waals surface area contributed by atoms with Gasteiger partial charge in [-0.2, -0.15) is 0 Å². The number of carboxylic acids is 1. The monoisotopic (exact) mass is 254 g/mol. The highest BCUT2D eigenvalue weighted by Crippen LogP contribution is 2.44. The van der Waals surface area contributed by atoms with Crippen molar-refractivity contribution in [2.75, 3.05) is 6.61 Å². The number of hydrogen-bond donors (Lipinski definition) is 1. The topological polar surface area (TPSA) is 49.8 Å². The third-order valence-electron chi connectivity index (χ3n) is 4.33. The molecule has 0 aliphatic carbocycles. The Balaban J connectivity index is 3.19. The Morgan fingerprint density at radius 3 is 2.00 bits per heavy atom. The molecule has 0 radical (unpaired) electrons. The van der Waals surface area contributed by atoms with Crippen LogP contribution >= 0.6 is 0 Å². The van der Waals surface area contributed by atoms with E-state index >= 15 is 0 Å². The largest absolute Gasteiger partial charge is 0.478 e. The average molecular weight is 254 g/mol. The van der Waals surface area contributed by atoms with E-state index in [0.717, 1.165) is 44.3 Å². The quantitative estimate of drug-likeness (QED) is 0.529. The van der Waals surface area contributed by atoms with Crippen LogP contribution in [0.15, 0.2) is 11.1 Å². The molecule has 0 amide bonds. The molecular formula is C15H26O3. The zero-order valence-electron chi connectivity index (χ0n) is 12.1. The standard InChI is InChI=1S/C15H26O3/c1-5-11(6-2)13(14(16)17)15(7-3,8-4)9-12-10-18-12/h12H,5-10H2,1-4H3,(H,16,17). The van der Waals surface area contributed by atoms with Crippen molar-refractivity contribution in [3.8, 4) is 0 Å². The van der Waals surface area contributed by atoms with E-state index in [4.69, 9.17) is 4.74 Å². The molecule has 0 aromatic rings. The van der Waals surface area contributed by atoms with Gasteiger partial charge in [-0.05, 0) is 32.1 Å². The summed E-state index contributed by atoms with van der Waals surface area (Å²) in [4.78, 5) is 11.7. The van der Waals surface area contributed by atoms with E-state index in [9.17, 15) is 9.90 Å². The van der Waals surface area contributed by atoms with Gasteiger partial charge in [0.1, 0.15) is 0 Å². The van der Waals surface area contributed by atoms with Crippen LogP contribution < -0.4 is 0 Å². The molecule has 1 unspecified atom stereocenters. The molecule has 1 heterocycles. The Bertz CT molecular complexity index is 317. The first-order valence-electron chi connectivity index (χ1n) is 7.11. The number of ether oxygens (including phenoxy) is 1. The Hall–Kier alpha value is -0.830. The van der Waals surface area contributed by atoms with Gasteiger partial charge >= 0.3 is 5.97 Å². The second kappa shape index (κ2) is 6.37. The van der Waals surface area contributed by atoms with Crippen molar-refractivity contribution in [1.29, 1.82) is 0 Å². The summed E-state index contributed by atoms with van der Waals surface area (Å²) in [5, 5.41) is 9.64. The number of rotatable bonds is 8. The van der Waals surface area contributed by atoms with Gasteiger partial charge in [-0.3, -0.25) is 0 Å². The summed E-state index contributed by atoms with van der Waals surface area (Å²) >= 11 is 0. The highest BCUT2D eigenvalue weighted by molar-refractivity contribution is 5.89. The maximum atomic E-state index is 11.7. The normalized spacial score (nSPS) is 18.6. The minimum absolute atomic E-state index is 0.214. The van der Waals surface area contributed by atoms with Crippen LogP contribution in [0.2, 0.25) is 0 Å². The molecule has 1 fully saturated rings. The fraction of sp³-hybridized carbons (Fsp3) is 0.800. The third-order valence-corrected chi connectivity index (χ3v) is 4.33. The van der Waals surface area contributed by atoms with Gasteiger partial charge in [0.05, 0.1) is 12.7 Å². The lowest BCUT2D eigenvalue weighted by molar-refractivity contribution is -0.134. The summed E-state index contributed by atoms with van der Waals surface area (Å²) < 4.78 is 5.33. The maximum absolute atomic E-state index is 11.7. The summed E-state index contributed by atoms with van der Waals surface area (Å²) in [6.45, 7) is 9.08. The summed E-state index contributed by atoms with van der Waals surface area (Å²) in [5.41, 5.74) is 1.54. The fourth-order valence-corrected chi connectivity index (χ4v) is 2.97. The molecule has 104 valence electrons. The first-order chi connectivity index (χ1) is 8.54. The van der Waals surface area contributed by atoms with E-state index in [2.05, 4.69) is 13.8 Å². The predicted molar refractivity (Wildman–Crippen MR) is 72.6 cm³/mol. The average Bonchev–Trinajstić information content (AvgIpc) is 3.17. The Morgan fingerprint density at radius 2 is 1.72 bits per heavy atom. The summed E-state index contributed by atoms with van der Waals surface area (Å²) in [6.07, 6.45) is 4.51. The van der Waals surface area contributed by atoms with Gasteiger partial charge in [-0.1, -0.05) is 33.3 Å². The number of epoxide rings is 1. The van der Waals surface area contributed by atoms with Gasteiger partial charge in [-0.25, -0.2) is 4.79 Å². The number of aliphatic carboxylic acids is 1. The maximum Gasteiger partial charge on any atom is 0.332 e. The Morgan fingerprint density at radius 1 is 1.22 bits per heavy atom. The van der Waals surface area contributed by atoms with E-state index < -0.39 is 5.97 Å². The number of carboxylic acid groups (broad SMARTS) is 1. The molecule has 0 saturated carbocycles. The van der Waals surface area contributed by atoms with Crippen LogP contribution in [0.5, 0.6) is 0 Å². The third kappa shape index (κ3) is 3.14. The van der Waals surface area contributed by atoms with Crippen LogP contribution in [0, 0.1) is 5.41 Å². The summed E-state index contributed by atoms with van der Waals surface area (Å²) in [6, 6.07) is 0. The van der Waals surface area contributed by atoms with Crippen molar-refractivity contribution in [3.05, 3.63) is 11.1 Å². The molecule has 0 aromatic heterocycles. The Kier molecular flexibility index (Phi) is 5.39. The van der Waals surface area contributed by atoms with Gasteiger partial charge < -0.3 is 9.84 Å². The van der Waals surface area contributed by atoms with Crippen molar-refractivity contribution < 1.29 is 14.6 Å². The van der Waals surface area contributed by atoms with Crippen LogP contribution in [0.4, 0.5) is 0 Å². The van der Waals surface area contributed by atoms with Crippen LogP contribution in [0.1, 0.15) is 59.8 Å². The Labute approximate surface area is 110 Å². The van der Waals surface area contributed by atoms with Crippen LogP contribution in [-0.2, 0) is 9.53 Å². The number of carbonyl (C=O) groups is 1. The number of hydrogen-bond acceptors (Lipinski definition) is 2. The van der Waals surface area contributed by atoms with Crippen LogP contribution in [-0.4, -0.2) is 23.8 Å². The van der Waals surface area contributed by atoms with Crippen molar-refractivity contribution in [1.82, 2.24) is 0 Å². The van der Waals surface area contributed by atoms with E-state index in [1.165, 1.54) is 0 Å². The minimum Gasteiger partial charge on any atom is -0.478 e. The first-order valence-corrected chi connectivity index (χ1v) is 7.11. The molecule has 3 nitrogen and oxygen atoms in total. The first kappa shape index (κ1) is 15.2. The summed E-state index contributed by atoms with van der Waals surface area (Å²) in [5.74, 6) is -0.738. The van der Waals surface area contributed by atoms with Gasteiger partial charge in [0, 0.05) is 11.0 Å². The van der Waals surface area contributed by atoms with Crippen molar-refractivity contribution in [3.63, 3.8) is 0 Å². The van der Waals surface area contributed by atoms with E-state index in [-0.39, 0.29) is 11.5 Å². The lowest BCUT2D eigenvalue weighted by atomic mass is 9.69. The van der Waals surface area contributed by atoms with Crippen molar-refractivity contribution in [2.24, 2.45) is 5.41 Å². The van der Waals surface area contributed by atoms with Crippen molar-refractivity contribution >= 4 is 5.97 Å². The highest BCUT2D eigenvalue weighted by Gasteiger charge is 2.41. The molecule has 1 N–H and O–H groups in total. The molecule has 3 heteroatoms. The second-order valence-electron chi connectivity index (χ2n) is 5.14. The second-order valence-corrected chi connectivity index (χ2v) is 5.14. The van der Waals surface area contributed by atoms with E-state index in [1.54, 1.807) is 0 Å². The highest BCUT2D eigenvalue weighted by atomic mass is 16.6. The molecule has 0 bridgehead atoms.